The van der Waals surface area contributed by atoms with E-state index in [1.807, 2.05) is 0 Å². The van der Waals surface area contributed by atoms with Gasteiger partial charge in [-0.25, -0.2) is 9.37 Å². The fourth-order valence-electron chi connectivity index (χ4n) is 1.70. The third-order valence-corrected chi connectivity index (χ3v) is 2.66. The molecule has 0 unspecified atom stereocenters. The van der Waals surface area contributed by atoms with Crippen molar-refractivity contribution in [3.05, 3.63) is 54.2 Å². The van der Waals surface area contributed by atoms with Crippen LogP contribution in [0.5, 0.6) is 0 Å². The molecule has 0 saturated carbocycles. The Morgan fingerprint density at radius 3 is 3.10 bits per heavy atom. The molecule has 0 aliphatic rings. The van der Waals surface area contributed by atoms with Gasteiger partial charge in [-0.1, -0.05) is 17.3 Å². The third-order valence-electron chi connectivity index (χ3n) is 2.66. The molecule has 21 heavy (non-hydrogen) atoms. The van der Waals surface area contributed by atoms with E-state index in [2.05, 4.69) is 25.4 Å². The number of aromatic amines is 1. The first-order valence-electron chi connectivity index (χ1n) is 6.08. The van der Waals surface area contributed by atoms with Crippen LogP contribution < -0.4 is 5.32 Å². The molecule has 0 radical (unpaired) electrons. The summed E-state index contributed by atoms with van der Waals surface area (Å²) in [6.45, 7) is 0.0574. The second-order valence-electron chi connectivity index (χ2n) is 4.14. The van der Waals surface area contributed by atoms with Crippen molar-refractivity contribution in [3.8, 4) is 11.4 Å². The maximum atomic E-state index is 13.1. The van der Waals surface area contributed by atoms with Gasteiger partial charge in [0.15, 0.2) is 5.82 Å². The average Bonchev–Trinajstić information content (AvgIpc) is 3.16. The van der Waals surface area contributed by atoms with E-state index < -0.39 is 0 Å². The lowest BCUT2D eigenvalue weighted by molar-refractivity contribution is 0.0937. The zero-order valence-corrected chi connectivity index (χ0v) is 10.7. The van der Waals surface area contributed by atoms with Crippen LogP contribution in [0.1, 0.15) is 16.5 Å². The zero-order chi connectivity index (χ0) is 14.7. The van der Waals surface area contributed by atoms with Gasteiger partial charge < -0.3 is 14.8 Å². The number of halogens is 1. The minimum atomic E-state index is -0.384. The monoisotopic (exact) mass is 287 g/mol. The average molecular weight is 287 g/mol. The number of imidazole rings is 1. The number of rotatable bonds is 4. The molecule has 3 rings (SSSR count). The Bertz CT molecular complexity index is 754. The maximum absolute atomic E-state index is 13.1. The lowest BCUT2D eigenvalue weighted by Gasteiger charge is -1.97. The molecule has 8 heteroatoms. The smallest absolute Gasteiger partial charge is 0.287 e. The molecule has 2 heterocycles. The first-order chi connectivity index (χ1) is 10.2. The Labute approximate surface area is 118 Å². The Hall–Kier alpha value is -3.03. The molecule has 2 aromatic heterocycles. The summed E-state index contributed by atoms with van der Waals surface area (Å²) in [4.78, 5) is 22.2. The van der Waals surface area contributed by atoms with Gasteiger partial charge in [-0.3, -0.25) is 4.79 Å². The summed E-state index contributed by atoms with van der Waals surface area (Å²) in [5.74, 6) is -0.0961. The third kappa shape index (κ3) is 2.94. The van der Waals surface area contributed by atoms with Crippen molar-refractivity contribution in [2.75, 3.05) is 0 Å². The van der Waals surface area contributed by atoms with Crippen LogP contribution in [-0.2, 0) is 6.54 Å². The van der Waals surface area contributed by atoms with Crippen LogP contribution in [0.25, 0.3) is 11.4 Å². The second-order valence-corrected chi connectivity index (χ2v) is 4.14. The molecule has 0 aliphatic carbocycles. The summed E-state index contributed by atoms with van der Waals surface area (Å²) in [6, 6.07) is 5.85. The van der Waals surface area contributed by atoms with Crippen molar-refractivity contribution in [1.82, 2.24) is 25.4 Å². The van der Waals surface area contributed by atoms with E-state index in [0.717, 1.165) is 0 Å². The summed E-state index contributed by atoms with van der Waals surface area (Å²) < 4.78 is 18.1. The van der Waals surface area contributed by atoms with E-state index in [1.165, 1.54) is 18.3 Å². The number of carbonyl (C=O) groups is 1. The lowest BCUT2D eigenvalue weighted by Crippen LogP contribution is -2.24. The number of benzene rings is 1. The number of nitrogens with zero attached hydrogens (tertiary/aromatic N) is 3. The van der Waals surface area contributed by atoms with E-state index in [4.69, 9.17) is 4.52 Å². The van der Waals surface area contributed by atoms with Gasteiger partial charge in [0.2, 0.25) is 11.7 Å². The van der Waals surface area contributed by atoms with Crippen molar-refractivity contribution >= 4 is 5.91 Å². The second kappa shape index (κ2) is 5.53. The first kappa shape index (κ1) is 13.0. The van der Waals surface area contributed by atoms with Crippen LogP contribution in [-0.4, -0.2) is 26.0 Å². The van der Waals surface area contributed by atoms with Crippen LogP contribution in [0.3, 0.4) is 0 Å². The van der Waals surface area contributed by atoms with E-state index in [1.54, 1.807) is 18.3 Å². The van der Waals surface area contributed by atoms with E-state index in [0.29, 0.717) is 5.56 Å². The van der Waals surface area contributed by atoms with Crippen molar-refractivity contribution in [2.24, 2.45) is 0 Å². The van der Waals surface area contributed by atoms with Crippen molar-refractivity contribution in [1.29, 1.82) is 0 Å². The standard InChI is InChI=1S/C13H10FN5O2/c14-9-3-1-2-8(6-9)11-18-10(21-19-11)7-17-13(20)12-15-4-5-16-12/h1-6H,7H2,(H,15,16)(H,17,20). The quantitative estimate of drug-likeness (QED) is 0.758. The lowest BCUT2D eigenvalue weighted by atomic mass is 10.2. The highest BCUT2D eigenvalue weighted by atomic mass is 19.1. The Kier molecular flexibility index (Phi) is 3.42. The molecule has 0 spiro atoms. The number of amides is 1. The maximum Gasteiger partial charge on any atom is 0.287 e. The van der Waals surface area contributed by atoms with Gasteiger partial charge in [0.05, 0.1) is 6.54 Å². The molecule has 1 amide bonds. The highest BCUT2D eigenvalue weighted by Crippen LogP contribution is 2.16. The van der Waals surface area contributed by atoms with Crippen molar-refractivity contribution in [3.63, 3.8) is 0 Å². The summed E-state index contributed by atoms with van der Waals surface area (Å²) in [5, 5.41) is 6.32. The molecular weight excluding hydrogens is 277 g/mol. The largest absolute Gasteiger partial charge is 0.341 e. The van der Waals surface area contributed by atoms with Gasteiger partial charge >= 0.3 is 0 Å². The molecule has 7 nitrogen and oxygen atoms in total. The topological polar surface area (TPSA) is 96.7 Å². The molecule has 0 aliphatic heterocycles. The number of aromatic nitrogens is 4. The molecule has 3 aromatic rings. The van der Waals surface area contributed by atoms with E-state index >= 15 is 0 Å². The van der Waals surface area contributed by atoms with Crippen molar-refractivity contribution in [2.45, 2.75) is 6.54 Å². The normalized spacial score (nSPS) is 10.5. The number of nitrogens with one attached hydrogen (secondary N) is 2. The predicted molar refractivity (Wildman–Crippen MR) is 69.4 cm³/mol. The van der Waals surface area contributed by atoms with Gasteiger partial charge in [-0.15, -0.1) is 0 Å². The first-order valence-corrected chi connectivity index (χ1v) is 6.08. The number of H-pyrrole nitrogens is 1. The number of carbonyl (C=O) groups excluding carboxylic acids is 1. The molecular formula is C13H10FN5O2. The minimum absolute atomic E-state index is 0.0574. The highest BCUT2D eigenvalue weighted by molar-refractivity contribution is 5.90. The molecule has 2 N–H and O–H groups in total. The van der Waals surface area contributed by atoms with Crippen LogP contribution in [0.15, 0.2) is 41.2 Å². The number of hydrogen-bond acceptors (Lipinski definition) is 5. The van der Waals surface area contributed by atoms with Crippen LogP contribution in [0, 0.1) is 5.82 Å². The number of hydrogen-bond donors (Lipinski definition) is 2. The SMILES string of the molecule is O=C(NCc1nc(-c2cccc(F)c2)no1)c1ncc[nH]1. The van der Waals surface area contributed by atoms with Gasteiger partial charge in [0, 0.05) is 18.0 Å². The fourth-order valence-corrected chi connectivity index (χ4v) is 1.70. The summed E-state index contributed by atoms with van der Waals surface area (Å²) in [6.07, 6.45) is 3.02. The van der Waals surface area contributed by atoms with E-state index in [9.17, 15) is 9.18 Å². The molecule has 0 fully saturated rings. The van der Waals surface area contributed by atoms with Gasteiger partial charge in [0.1, 0.15) is 5.82 Å². The molecule has 106 valence electrons. The molecule has 1 aromatic carbocycles. The van der Waals surface area contributed by atoms with E-state index in [-0.39, 0.29) is 35.8 Å². The Morgan fingerprint density at radius 2 is 2.33 bits per heavy atom. The van der Waals surface area contributed by atoms with Gasteiger partial charge in [0.25, 0.3) is 5.91 Å². The summed E-state index contributed by atoms with van der Waals surface area (Å²) in [5.41, 5.74) is 0.502. The predicted octanol–water partition coefficient (Wildman–Crippen LogP) is 1.53. The van der Waals surface area contributed by atoms with Crippen LogP contribution >= 0.6 is 0 Å². The molecule has 0 bridgehead atoms. The van der Waals surface area contributed by atoms with Gasteiger partial charge in [-0.05, 0) is 12.1 Å². The van der Waals surface area contributed by atoms with Crippen LogP contribution in [0.4, 0.5) is 4.39 Å². The Balaban J connectivity index is 1.67. The minimum Gasteiger partial charge on any atom is -0.341 e. The molecule has 0 atom stereocenters. The van der Waals surface area contributed by atoms with Gasteiger partial charge in [-0.2, -0.15) is 4.98 Å². The zero-order valence-electron chi connectivity index (χ0n) is 10.7. The Morgan fingerprint density at radius 1 is 1.43 bits per heavy atom. The summed E-state index contributed by atoms with van der Waals surface area (Å²) >= 11 is 0. The van der Waals surface area contributed by atoms with Crippen molar-refractivity contribution < 1.29 is 13.7 Å². The van der Waals surface area contributed by atoms with Crippen LogP contribution in [0.2, 0.25) is 0 Å². The molecule has 0 saturated heterocycles. The highest BCUT2D eigenvalue weighted by Gasteiger charge is 2.12. The summed E-state index contributed by atoms with van der Waals surface area (Å²) in [7, 11) is 0. The fraction of sp³-hybridized carbons (Fsp3) is 0.0769.